The smallest absolute Gasteiger partial charge is 0.263 e. The van der Waals surface area contributed by atoms with E-state index in [4.69, 9.17) is 4.74 Å². The topological polar surface area (TPSA) is 49.8 Å². The summed E-state index contributed by atoms with van der Waals surface area (Å²) in [5, 5.41) is 9.26. The second-order valence-corrected chi connectivity index (χ2v) is 7.55. The van der Waals surface area contributed by atoms with E-state index in [0.29, 0.717) is 12.3 Å². The molecule has 1 atom stereocenters. The van der Waals surface area contributed by atoms with Gasteiger partial charge in [0.25, 0.3) is 5.91 Å². The Labute approximate surface area is 154 Å². The monoisotopic (exact) mass is 351 g/mol. The normalized spacial score (nSPS) is 18.8. The predicted molar refractivity (Wildman–Crippen MR) is 99.8 cm³/mol. The molecule has 0 saturated heterocycles. The van der Waals surface area contributed by atoms with Crippen LogP contribution in [0.25, 0.3) is 0 Å². The Balaban J connectivity index is 1.51. The van der Waals surface area contributed by atoms with Gasteiger partial charge in [-0.25, -0.2) is 0 Å². The van der Waals surface area contributed by atoms with Crippen molar-refractivity contribution in [3.05, 3.63) is 65.2 Å². The fourth-order valence-electron chi connectivity index (χ4n) is 4.30. The van der Waals surface area contributed by atoms with Gasteiger partial charge in [0, 0.05) is 18.5 Å². The van der Waals surface area contributed by atoms with Crippen molar-refractivity contribution >= 4 is 5.91 Å². The Bertz CT molecular complexity index is 813. The molecule has 2 aliphatic rings. The fourth-order valence-corrected chi connectivity index (χ4v) is 4.30. The van der Waals surface area contributed by atoms with Crippen molar-refractivity contribution in [1.29, 1.82) is 0 Å². The molecule has 1 spiro atoms. The molecule has 1 aliphatic carbocycles. The molecule has 1 heterocycles. The Morgan fingerprint density at radius 3 is 2.77 bits per heavy atom. The second-order valence-electron chi connectivity index (χ2n) is 7.55. The summed E-state index contributed by atoms with van der Waals surface area (Å²) in [5.74, 6) is 0.647. The minimum atomic E-state index is -0.550. The number of carbonyl (C=O) groups excluding carboxylic acids is 1. The van der Waals surface area contributed by atoms with E-state index < -0.39 is 6.10 Å². The third-order valence-corrected chi connectivity index (χ3v) is 5.81. The maximum atomic E-state index is 13.0. The van der Waals surface area contributed by atoms with Crippen molar-refractivity contribution < 1.29 is 14.6 Å². The summed E-state index contributed by atoms with van der Waals surface area (Å²) >= 11 is 0. The molecular formula is C22H25NO3. The second kappa shape index (κ2) is 6.76. The Hall–Kier alpha value is -2.33. The summed E-state index contributed by atoms with van der Waals surface area (Å²) < 4.78 is 5.88. The molecule has 0 bridgehead atoms. The Morgan fingerprint density at radius 2 is 2.04 bits per heavy atom. The first-order valence-corrected chi connectivity index (χ1v) is 9.35. The molecule has 2 aromatic rings. The largest absolute Gasteiger partial charge is 0.481 e. The summed E-state index contributed by atoms with van der Waals surface area (Å²) in [5.41, 5.74) is 3.62. The number of nitrogens with zero attached hydrogens (tertiary/aromatic N) is 1. The standard InChI is InChI=1S/C22H25NO3/c1-16(26-19-8-4-6-17(12-19)14-24)21(25)23-13-18-7-2-3-9-20(18)22(15-23)10-5-11-22/h2-4,6-9,12,16,24H,5,10-11,13-15H2,1H3. The highest BCUT2D eigenvalue weighted by atomic mass is 16.5. The van der Waals surface area contributed by atoms with Gasteiger partial charge in [0.2, 0.25) is 0 Å². The lowest BCUT2D eigenvalue weighted by Crippen LogP contribution is -2.53. The number of carbonyl (C=O) groups is 1. The number of hydrogen-bond acceptors (Lipinski definition) is 3. The van der Waals surface area contributed by atoms with E-state index in [0.717, 1.165) is 24.9 Å². The van der Waals surface area contributed by atoms with Crippen LogP contribution >= 0.6 is 0 Å². The summed E-state index contributed by atoms with van der Waals surface area (Å²) in [4.78, 5) is 15.0. The number of ether oxygens (including phenoxy) is 1. The third kappa shape index (κ3) is 2.99. The molecule has 136 valence electrons. The first-order valence-electron chi connectivity index (χ1n) is 9.35. The van der Waals surface area contributed by atoms with Crippen LogP contribution in [-0.4, -0.2) is 28.6 Å². The summed E-state index contributed by atoms with van der Waals surface area (Å²) in [6.45, 7) is 3.21. The van der Waals surface area contributed by atoms with Gasteiger partial charge in [0.15, 0.2) is 6.10 Å². The van der Waals surface area contributed by atoms with Crippen LogP contribution in [0.3, 0.4) is 0 Å². The van der Waals surface area contributed by atoms with Crippen LogP contribution in [0.4, 0.5) is 0 Å². The maximum Gasteiger partial charge on any atom is 0.263 e. The maximum absolute atomic E-state index is 13.0. The summed E-state index contributed by atoms with van der Waals surface area (Å²) in [7, 11) is 0. The van der Waals surface area contributed by atoms with Crippen molar-refractivity contribution in [2.45, 2.75) is 50.9 Å². The van der Waals surface area contributed by atoms with E-state index in [1.165, 1.54) is 17.5 Å². The van der Waals surface area contributed by atoms with Crippen molar-refractivity contribution in [3.8, 4) is 5.75 Å². The van der Waals surface area contributed by atoms with Crippen LogP contribution in [-0.2, 0) is 23.4 Å². The third-order valence-electron chi connectivity index (χ3n) is 5.81. The number of aliphatic hydroxyl groups excluding tert-OH is 1. The fraction of sp³-hybridized carbons (Fsp3) is 0.409. The minimum Gasteiger partial charge on any atom is -0.481 e. The van der Waals surface area contributed by atoms with Crippen LogP contribution in [0.1, 0.15) is 42.9 Å². The van der Waals surface area contributed by atoms with Crippen LogP contribution in [0.5, 0.6) is 5.75 Å². The van der Waals surface area contributed by atoms with Crippen molar-refractivity contribution in [2.75, 3.05) is 6.54 Å². The molecular weight excluding hydrogens is 326 g/mol. The molecule has 4 nitrogen and oxygen atoms in total. The molecule has 1 amide bonds. The van der Waals surface area contributed by atoms with E-state index in [1.54, 1.807) is 6.07 Å². The first-order chi connectivity index (χ1) is 12.6. The van der Waals surface area contributed by atoms with Gasteiger partial charge in [-0.15, -0.1) is 0 Å². The molecule has 1 unspecified atom stereocenters. The lowest BCUT2D eigenvalue weighted by atomic mass is 9.61. The van der Waals surface area contributed by atoms with Gasteiger partial charge in [-0.1, -0.05) is 42.8 Å². The number of rotatable bonds is 4. The molecule has 26 heavy (non-hydrogen) atoms. The van der Waals surface area contributed by atoms with E-state index in [9.17, 15) is 9.90 Å². The Kier molecular flexibility index (Phi) is 4.45. The number of hydrogen-bond donors (Lipinski definition) is 1. The van der Waals surface area contributed by atoms with Gasteiger partial charge in [-0.2, -0.15) is 0 Å². The number of benzene rings is 2. The number of fused-ring (bicyclic) bond motifs is 2. The lowest BCUT2D eigenvalue weighted by Gasteiger charge is -2.50. The van der Waals surface area contributed by atoms with Gasteiger partial charge < -0.3 is 14.7 Å². The highest BCUT2D eigenvalue weighted by molar-refractivity contribution is 5.81. The number of aliphatic hydroxyl groups is 1. The van der Waals surface area contributed by atoms with Crippen molar-refractivity contribution in [2.24, 2.45) is 0 Å². The molecule has 1 fully saturated rings. The molecule has 1 saturated carbocycles. The van der Waals surface area contributed by atoms with E-state index in [1.807, 2.05) is 30.0 Å². The summed E-state index contributed by atoms with van der Waals surface area (Å²) in [6.07, 6.45) is 2.99. The van der Waals surface area contributed by atoms with E-state index >= 15 is 0 Å². The van der Waals surface area contributed by atoms with E-state index in [-0.39, 0.29) is 17.9 Å². The zero-order chi connectivity index (χ0) is 18.1. The first kappa shape index (κ1) is 17.1. The van der Waals surface area contributed by atoms with Gasteiger partial charge >= 0.3 is 0 Å². The minimum absolute atomic E-state index is 0.0279. The molecule has 0 aromatic heterocycles. The van der Waals surface area contributed by atoms with Gasteiger partial charge in [-0.05, 0) is 48.6 Å². The molecule has 4 rings (SSSR count). The molecule has 1 aliphatic heterocycles. The average molecular weight is 351 g/mol. The SMILES string of the molecule is CC(Oc1cccc(CO)c1)C(=O)N1Cc2ccccc2C2(CCC2)C1. The van der Waals surface area contributed by atoms with Crippen molar-refractivity contribution in [1.82, 2.24) is 4.90 Å². The highest BCUT2D eigenvalue weighted by Gasteiger charge is 2.45. The van der Waals surface area contributed by atoms with Gasteiger partial charge in [0.1, 0.15) is 5.75 Å². The number of amides is 1. The molecule has 1 N–H and O–H groups in total. The van der Waals surface area contributed by atoms with Crippen LogP contribution in [0, 0.1) is 0 Å². The van der Waals surface area contributed by atoms with Gasteiger partial charge in [0.05, 0.1) is 6.61 Å². The predicted octanol–water partition coefficient (Wildman–Crippen LogP) is 3.41. The Morgan fingerprint density at radius 1 is 1.23 bits per heavy atom. The summed E-state index contributed by atoms with van der Waals surface area (Å²) in [6, 6.07) is 15.8. The van der Waals surface area contributed by atoms with Crippen molar-refractivity contribution in [3.63, 3.8) is 0 Å². The zero-order valence-electron chi connectivity index (χ0n) is 15.1. The van der Waals surface area contributed by atoms with Crippen LogP contribution in [0.15, 0.2) is 48.5 Å². The quantitative estimate of drug-likeness (QED) is 0.918. The van der Waals surface area contributed by atoms with Crippen LogP contribution < -0.4 is 4.74 Å². The highest BCUT2D eigenvalue weighted by Crippen LogP contribution is 2.48. The average Bonchev–Trinajstić information content (AvgIpc) is 2.65. The molecule has 0 radical (unpaired) electrons. The van der Waals surface area contributed by atoms with Crippen LogP contribution in [0.2, 0.25) is 0 Å². The van der Waals surface area contributed by atoms with E-state index in [2.05, 4.69) is 24.3 Å². The zero-order valence-corrected chi connectivity index (χ0v) is 15.1. The molecule has 4 heteroatoms. The lowest BCUT2D eigenvalue weighted by molar-refractivity contribution is -0.140. The van der Waals surface area contributed by atoms with Gasteiger partial charge in [-0.3, -0.25) is 4.79 Å². The molecule has 2 aromatic carbocycles.